The molecule has 0 aliphatic carbocycles. The van der Waals surface area contributed by atoms with Crippen LogP contribution in [0.4, 0.5) is 0 Å². The van der Waals surface area contributed by atoms with Gasteiger partial charge in [0.05, 0.1) is 0 Å². The summed E-state index contributed by atoms with van der Waals surface area (Å²) in [5, 5.41) is 6.85. The van der Waals surface area contributed by atoms with E-state index in [-0.39, 0.29) is 29.4 Å². The zero-order valence-corrected chi connectivity index (χ0v) is 16.5. The van der Waals surface area contributed by atoms with Gasteiger partial charge < -0.3 is 15.4 Å². The molecule has 1 aromatic carbocycles. The van der Waals surface area contributed by atoms with Gasteiger partial charge in [0.2, 0.25) is 0 Å². The van der Waals surface area contributed by atoms with E-state index in [2.05, 4.69) is 55.8 Å². The van der Waals surface area contributed by atoms with Crippen LogP contribution in [0.1, 0.15) is 24.8 Å². The summed E-state index contributed by atoms with van der Waals surface area (Å²) in [6.07, 6.45) is 3.22. The molecule has 1 saturated heterocycles. The van der Waals surface area contributed by atoms with Crippen LogP contribution in [0, 0.1) is 0 Å². The van der Waals surface area contributed by atoms with E-state index < -0.39 is 0 Å². The van der Waals surface area contributed by atoms with Gasteiger partial charge in [0.1, 0.15) is 0 Å². The van der Waals surface area contributed by atoms with E-state index in [1.54, 1.807) is 0 Å². The summed E-state index contributed by atoms with van der Waals surface area (Å²) in [6.45, 7) is 4.50. The van der Waals surface area contributed by atoms with Crippen molar-refractivity contribution in [3.8, 4) is 0 Å². The Morgan fingerprint density at radius 2 is 1.95 bits per heavy atom. The Labute approximate surface area is 157 Å². The second-order valence-corrected chi connectivity index (χ2v) is 6.68. The quantitative estimate of drug-likeness (QED) is 0.655. The van der Waals surface area contributed by atoms with Crippen LogP contribution >= 0.6 is 39.9 Å². The molecule has 122 valence electrons. The molecule has 2 aliphatic heterocycles. The van der Waals surface area contributed by atoms with Crippen molar-refractivity contribution in [1.82, 2.24) is 10.6 Å². The lowest BCUT2D eigenvalue weighted by Gasteiger charge is -2.38. The molecule has 0 atom stereocenters. The number of nitrogens with one attached hydrogen (secondary N) is 2. The predicted molar refractivity (Wildman–Crippen MR) is 104 cm³/mol. The highest BCUT2D eigenvalue weighted by Crippen LogP contribution is 2.34. The van der Waals surface area contributed by atoms with Gasteiger partial charge >= 0.3 is 0 Å². The largest absolute Gasteiger partial charge is 0.381 e. The summed E-state index contributed by atoms with van der Waals surface area (Å²) in [7, 11) is 0. The number of hydrogen-bond acceptors (Lipinski definition) is 4. The molecule has 1 fully saturated rings. The first-order chi connectivity index (χ1) is 10.3. The van der Waals surface area contributed by atoms with E-state index in [1.165, 1.54) is 5.56 Å². The van der Waals surface area contributed by atoms with Gasteiger partial charge in [-0.1, -0.05) is 28.1 Å². The van der Waals surface area contributed by atoms with Crippen molar-refractivity contribution in [2.75, 3.05) is 32.8 Å². The fraction of sp³-hybridized carbons (Fsp3) is 0.562. The Hall–Kier alpha value is -0.340. The second kappa shape index (κ2) is 8.49. The van der Waals surface area contributed by atoms with Crippen LogP contribution in [0.2, 0.25) is 0 Å². The molecule has 0 unspecified atom stereocenters. The first-order valence-corrected chi connectivity index (χ1v) is 8.44. The standard InChI is InChI=1S/C16H22BrN3O.HI/c17-14-4-2-13(3-5-14)16(6-10-21-11-7-16)12-20-15-18-8-1-9-19-15;/h2-5H,1,6-12H2,(H2,18,19,20);1H. The van der Waals surface area contributed by atoms with Gasteiger partial charge in [-0.2, -0.15) is 0 Å². The second-order valence-electron chi connectivity index (χ2n) is 5.76. The smallest absolute Gasteiger partial charge is 0.191 e. The number of ether oxygens (including phenoxy) is 1. The van der Waals surface area contributed by atoms with Gasteiger partial charge in [0.15, 0.2) is 5.96 Å². The summed E-state index contributed by atoms with van der Waals surface area (Å²) in [6, 6.07) is 8.71. The molecule has 1 aromatic rings. The third kappa shape index (κ3) is 4.35. The first-order valence-electron chi connectivity index (χ1n) is 7.65. The maximum Gasteiger partial charge on any atom is 0.191 e. The average Bonchev–Trinajstić information content (AvgIpc) is 2.55. The highest BCUT2D eigenvalue weighted by molar-refractivity contribution is 14.0. The minimum atomic E-state index is 0. The normalized spacial score (nSPS) is 20.3. The van der Waals surface area contributed by atoms with Crippen LogP contribution in [0.25, 0.3) is 0 Å². The van der Waals surface area contributed by atoms with E-state index in [0.717, 1.165) is 62.5 Å². The van der Waals surface area contributed by atoms with Crippen LogP contribution < -0.4 is 10.6 Å². The summed E-state index contributed by atoms with van der Waals surface area (Å²) >= 11 is 3.52. The number of benzene rings is 1. The topological polar surface area (TPSA) is 45.7 Å². The van der Waals surface area contributed by atoms with Gasteiger partial charge in [-0.3, -0.25) is 4.99 Å². The monoisotopic (exact) mass is 479 g/mol. The van der Waals surface area contributed by atoms with E-state index in [9.17, 15) is 0 Å². The zero-order valence-electron chi connectivity index (χ0n) is 12.6. The summed E-state index contributed by atoms with van der Waals surface area (Å²) < 4.78 is 6.70. The van der Waals surface area contributed by atoms with Crippen molar-refractivity contribution in [1.29, 1.82) is 0 Å². The van der Waals surface area contributed by atoms with Gasteiger partial charge in [0, 0.05) is 42.7 Å². The molecule has 0 spiro atoms. The van der Waals surface area contributed by atoms with Crippen molar-refractivity contribution in [2.45, 2.75) is 24.7 Å². The fourth-order valence-electron chi connectivity index (χ4n) is 3.04. The van der Waals surface area contributed by atoms with Crippen LogP contribution in [-0.2, 0) is 10.2 Å². The molecule has 0 saturated carbocycles. The molecule has 0 amide bonds. The predicted octanol–water partition coefficient (Wildman–Crippen LogP) is 3.05. The summed E-state index contributed by atoms with van der Waals surface area (Å²) in [4.78, 5) is 4.51. The molecular weight excluding hydrogens is 457 g/mol. The molecule has 6 heteroatoms. The van der Waals surface area contributed by atoms with Crippen LogP contribution in [0.3, 0.4) is 0 Å². The third-order valence-corrected chi connectivity index (χ3v) is 4.93. The number of guanidine groups is 1. The first kappa shape index (κ1) is 18.0. The highest BCUT2D eigenvalue weighted by atomic mass is 127. The summed E-state index contributed by atoms with van der Waals surface area (Å²) in [5.41, 5.74) is 1.53. The Morgan fingerprint density at radius 3 is 2.59 bits per heavy atom. The molecule has 4 nitrogen and oxygen atoms in total. The highest BCUT2D eigenvalue weighted by Gasteiger charge is 2.34. The number of hydrogen-bond donors (Lipinski definition) is 2. The molecule has 2 aliphatic rings. The van der Waals surface area contributed by atoms with Gasteiger partial charge in [-0.25, -0.2) is 0 Å². The Balaban J connectivity index is 0.00000176. The fourth-order valence-corrected chi connectivity index (χ4v) is 3.30. The number of halogens is 2. The Morgan fingerprint density at radius 1 is 1.23 bits per heavy atom. The van der Waals surface area contributed by atoms with E-state index in [4.69, 9.17) is 4.74 Å². The Bertz CT molecular complexity index is 501. The lowest BCUT2D eigenvalue weighted by Crippen LogP contribution is -2.49. The molecular formula is C16H23BrIN3O. The lowest BCUT2D eigenvalue weighted by molar-refractivity contribution is 0.0513. The average molecular weight is 480 g/mol. The van der Waals surface area contributed by atoms with Crippen molar-refractivity contribution >= 4 is 45.9 Å². The summed E-state index contributed by atoms with van der Waals surface area (Å²) in [5.74, 6) is 0.948. The van der Waals surface area contributed by atoms with Crippen LogP contribution in [0.5, 0.6) is 0 Å². The maximum absolute atomic E-state index is 5.58. The van der Waals surface area contributed by atoms with Crippen molar-refractivity contribution < 1.29 is 4.74 Å². The van der Waals surface area contributed by atoms with Crippen LogP contribution in [0.15, 0.2) is 33.7 Å². The molecule has 2 N–H and O–H groups in total. The zero-order chi connectivity index (χ0) is 14.5. The van der Waals surface area contributed by atoms with Crippen molar-refractivity contribution in [2.24, 2.45) is 4.99 Å². The van der Waals surface area contributed by atoms with E-state index >= 15 is 0 Å². The molecule has 3 rings (SSSR count). The van der Waals surface area contributed by atoms with E-state index in [0.29, 0.717) is 0 Å². The van der Waals surface area contributed by atoms with Crippen molar-refractivity contribution in [3.05, 3.63) is 34.3 Å². The molecule has 0 aromatic heterocycles. The van der Waals surface area contributed by atoms with Gasteiger partial charge in [-0.05, 0) is 37.0 Å². The Kier molecular flexibility index (Phi) is 6.95. The maximum atomic E-state index is 5.58. The minimum Gasteiger partial charge on any atom is -0.381 e. The van der Waals surface area contributed by atoms with Crippen molar-refractivity contribution in [3.63, 3.8) is 0 Å². The molecule has 0 radical (unpaired) electrons. The minimum absolute atomic E-state index is 0. The SMILES string of the molecule is Brc1ccc(C2(CNC3=NCCCN3)CCOCC2)cc1.I. The van der Waals surface area contributed by atoms with E-state index in [1.807, 2.05) is 0 Å². The number of aliphatic imine (C=N–C) groups is 1. The van der Waals surface area contributed by atoms with Crippen LogP contribution in [-0.4, -0.2) is 38.8 Å². The van der Waals surface area contributed by atoms with Gasteiger partial charge in [0.25, 0.3) is 0 Å². The number of nitrogens with zero attached hydrogens (tertiary/aromatic N) is 1. The number of rotatable bonds is 3. The lowest BCUT2D eigenvalue weighted by atomic mass is 9.74. The molecule has 2 heterocycles. The molecule has 22 heavy (non-hydrogen) atoms. The molecule has 0 bridgehead atoms. The third-order valence-electron chi connectivity index (χ3n) is 4.40. The van der Waals surface area contributed by atoms with Gasteiger partial charge in [-0.15, -0.1) is 24.0 Å².